The zero-order valence-corrected chi connectivity index (χ0v) is 15.0. The molecule has 0 aliphatic heterocycles. The molecule has 0 aromatic carbocycles. The fourth-order valence-corrected chi connectivity index (χ4v) is 3.14. The first-order valence-electron chi connectivity index (χ1n) is 7.63. The predicted octanol–water partition coefficient (Wildman–Crippen LogP) is 3.88. The van der Waals surface area contributed by atoms with Gasteiger partial charge in [-0.1, -0.05) is 12.6 Å². The standard InChI is InChI=1S/C18H23N5S/c1-11(8-9-19)10-12(2)21-16-7-5-6-15(23-16)17-14(4)22-18(24-17)13(3)20/h5-10,13H,2,19-20H2,1,3-4H3,(H,21,23)/b9-8-,11-10-/t13-/m0/s1. The van der Waals surface area contributed by atoms with E-state index in [0.29, 0.717) is 0 Å². The molecule has 0 amide bonds. The Morgan fingerprint density at radius 1 is 1.38 bits per heavy atom. The maximum Gasteiger partial charge on any atom is 0.131 e. The second kappa shape index (κ2) is 7.90. The average Bonchev–Trinajstić information content (AvgIpc) is 2.89. The molecule has 5 nitrogen and oxygen atoms in total. The van der Waals surface area contributed by atoms with Crippen LogP contribution in [0.4, 0.5) is 5.82 Å². The fourth-order valence-electron chi connectivity index (χ4n) is 2.16. The summed E-state index contributed by atoms with van der Waals surface area (Å²) >= 11 is 1.58. The number of aromatic nitrogens is 2. The monoisotopic (exact) mass is 341 g/mol. The van der Waals surface area contributed by atoms with E-state index in [1.54, 1.807) is 11.3 Å². The molecule has 0 bridgehead atoms. The predicted molar refractivity (Wildman–Crippen MR) is 103 cm³/mol. The molecule has 2 aromatic rings. The molecule has 0 saturated heterocycles. The number of nitrogens with two attached hydrogens (primary N) is 2. The van der Waals surface area contributed by atoms with Crippen molar-refractivity contribution < 1.29 is 0 Å². The van der Waals surface area contributed by atoms with Crippen molar-refractivity contribution in [2.24, 2.45) is 11.5 Å². The second-order valence-corrected chi connectivity index (χ2v) is 6.59. The molecule has 126 valence electrons. The van der Waals surface area contributed by atoms with Crippen LogP contribution in [0.25, 0.3) is 10.6 Å². The average molecular weight is 341 g/mol. The van der Waals surface area contributed by atoms with Crippen LogP contribution in [-0.4, -0.2) is 9.97 Å². The van der Waals surface area contributed by atoms with Crippen LogP contribution in [0.2, 0.25) is 0 Å². The Balaban J connectivity index is 2.23. The van der Waals surface area contributed by atoms with E-state index in [2.05, 4.69) is 21.9 Å². The maximum atomic E-state index is 5.92. The quantitative estimate of drug-likeness (QED) is 0.694. The number of nitrogens with zero attached hydrogens (tertiary/aromatic N) is 2. The van der Waals surface area contributed by atoms with Crippen molar-refractivity contribution in [3.63, 3.8) is 0 Å². The first-order valence-corrected chi connectivity index (χ1v) is 8.45. The van der Waals surface area contributed by atoms with Gasteiger partial charge in [0.2, 0.25) is 0 Å². The molecule has 0 unspecified atom stereocenters. The second-order valence-electron chi connectivity index (χ2n) is 5.56. The Hall–Kier alpha value is -2.44. The zero-order valence-electron chi connectivity index (χ0n) is 14.2. The van der Waals surface area contributed by atoms with E-state index in [0.717, 1.165) is 38.4 Å². The Kier molecular flexibility index (Phi) is 5.89. The SMILES string of the molecule is C=C(/C=C(C)\C=C/N)Nc1cccc(-c2sc([C@H](C)N)nc2C)n1. The molecule has 1 atom stereocenters. The van der Waals surface area contributed by atoms with Gasteiger partial charge in [0, 0.05) is 5.70 Å². The molecule has 2 aromatic heterocycles. The minimum Gasteiger partial charge on any atom is -0.405 e. The molecule has 0 aliphatic carbocycles. The summed E-state index contributed by atoms with van der Waals surface area (Å²) in [4.78, 5) is 10.2. The lowest BCUT2D eigenvalue weighted by atomic mass is 10.2. The zero-order chi connectivity index (χ0) is 17.7. The first kappa shape index (κ1) is 17.9. The number of hydrogen-bond acceptors (Lipinski definition) is 6. The van der Waals surface area contributed by atoms with Crippen LogP contribution in [-0.2, 0) is 0 Å². The van der Waals surface area contributed by atoms with Gasteiger partial charge in [0.25, 0.3) is 0 Å². The van der Waals surface area contributed by atoms with Gasteiger partial charge in [0.15, 0.2) is 0 Å². The van der Waals surface area contributed by atoms with E-state index in [1.165, 1.54) is 6.20 Å². The molecule has 2 heterocycles. The molecule has 24 heavy (non-hydrogen) atoms. The van der Waals surface area contributed by atoms with Crippen molar-refractivity contribution in [2.75, 3.05) is 5.32 Å². The number of thiazole rings is 1. The smallest absolute Gasteiger partial charge is 0.131 e. The van der Waals surface area contributed by atoms with Crippen LogP contribution in [0.5, 0.6) is 0 Å². The summed E-state index contributed by atoms with van der Waals surface area (Å²) in [5, 5.41) is 4.11. The van der Waals surface area contributed by atoms with E-state index in [1.807, 2.05) is 51.1 Å². The number of pyridine rings is 1. The van der Waals surface area contributed by atoms with E-state index >= 15 is 0 Å². The first-order chi connectivity index (χ1) is 11.4. The third kappa shape index (κ3) is 4.53. The van der Waals surface area contributed by atoms with Crippen LogP contribution >= 0.6 is 11.3 Å². The summed E-state index contributed by atoms with van der Waals surface area (Å²) in [5.74, 6) is 0.730. The van der Waals surface area contributed by atoms with Crippen molar-refractivity contribution in [1.82, 2.24) is 9.97 Å². The Morgan fingerprint density at radius 3 is 2.75 bits per heavy atom. The Morgan fingerprint density at radius 2 is 2.12 bits per heavy atom. The summed E-state index contributed by atoms with van der Waals surface area (Å²) < 4.78 is 0. The largest absolute Gasteiger partial charge is 0.405 e. The lowest BCUT2D eigenvalue weighted by molar-refractivity contribution is 0.803. The number of rotatable bonds is 6. The van der Waals surface area contributed by atoms with Gasteiger partial charge in [-0.25, -0.2) is 9.97 Å². The highest BCUT2D eigenvalue weighted by Crippen LogP contribution is 2.31. The molecule has 0 saturated carbocycles. The van der Waals surface area contributed by atoms with Gasteiger partial charge in [0.05, 0.1) is 22.3 Å². The minimum absolute atomic E-state index is 0.0766. The van der Waals surface area contributed by atoms with Crippen LogP contribution in [0.1, 0.15) is 30.6 Å². The van der Waals surface area contributed by atoms with Gasteiger partial charge >= 0.3 is 0 Å². The molecule has 2 rings (SSSR count). The summed E-state index contributed by atoms with van der Waals surface area (Å²) in [6, 6.07) is 5.75. The molecule has 6 heteroatoms. The molecular formula is C18H23N5S. The van der Waals surface area contributed by atoms with Crippen LogP contribution < -0.4 is 16.8 Å². The summed E-state index contributed by atoms with van der Waals surface area (Å²) in [6.07, 6.45) is 5.22. The van der Waals surface area contributed by atoms with Crippen LogP contribution in [0.3, 0.4) is 0 Å². The van der Waals surface area contributed by atoms with Crippen molar-refractivity contribution in [3.05, 3.63) is 65.1 Å². The molecule has 5 N–H and O–H groups in total. The lowest BCUT2D eigenvalue weighted by Crippen LogP contribution is -2.03. The maximum absolute atomic E-state index is 5.92. The highest BCUT2D eigenvalue weighted by atomic mass is 32.1. The summed E-state index contributed by atoms with van der Waals surface area (Å²) in [7, 11) is 0. The van der Waals surface area contributed by atoms with Crippen molar-refractivity contribution in [1.29, 1.82) is 0 Å². The number of hydrogen-bond donors (Lipinski definition) is 3. The third-order valence-corrected chi connectivity index (χ3v) is 4.61. The van der Waals surface area contributed by atoms with E-state index in [4.69, 9.17) is 11.5 Å². The van der Waals surface area contributed by atoms with Crippen LogP contribution in [0, 0.1) is 6.92 Å². The number of allylic oxidation sites excluding steroid dienone is 3. The highest BCUT2D eigenvalue weighted by molar-refractivity contribution is 7.15. The highest BCUT2D eigenvalue weighted by Gasteiger charge is 2.13. The molecule has 0 spiro atoms. The van der Waals surface area contributed by atoms with Gasteiger partial charge in [0.1, 0.15) is 10.8 Å². The van der Waals surface area contributed by atoms with E-state index < -0.39 is 0 Å². The molecular weight excluding hydrogens is 318 g/mol. The number of anilines is 1. The molecule has 0 fully saturated rings. The normalized spacial score (nSPS) is 13.2. The topological polar surface area (TPSA) is 89.8 Å². The van der Waals surface area contributed by atoms with Gasteiger partial charge in [-0.3, -0.25) is 0 Å². The van der Waals surface area contributed by atoms with Crippen LogP contribution in [0.15, 0.2) is 54.4 Å². The van der Waals surface area contributed by atoms with Crippen molar-refractivity contribution in [2.45, 2.75) is 26.8 Å². The lowest BCUT2D eigenvalue weighted by Gasteiger charge is -2.07. The van der Waals surface area contributed by atoms with Crippen molar-refractivity contribution in [3.8, 4) is 10.6 Å². The van der Waals surface area contributed by atoms with Gasteiger partial charge in [-0.2, -0.15) is 0 Å². The van der Waals surface area contributed by atoms with Gasteiger partial charge in [-0.05, 0) is 56.8 Å². The summed E-state index contributed by atoms with van der Waals surface area (Å²) in [6.45, 7) is 9.85. The number of aryl methyl sites for hydroxylation is 1. The van der Waals surface area contributed by atoms with Gasteiger partial charge < -0.3 is 16.8 Å². The number of nitrogens with one attached hydrogen (secondary N) is 1. The minimum atomic E-state index is -0.0766. The van der Waals surface area contributed by atoms with E-state index in [-0.39, 0.29) is 6.04 Å². The molecule has 0 radical (unpaired) electrons. The van der Waals surface area contributed by atoms with Crippen molar-refractivity contribution >= 4 is 17.2 Å². The van der Waals surface area contributed by atoms with Gasteiger partial charge in [-0.15, -0.1) is 11.3 Å². The fraction of sp³-hybridized carbons (Fsp3) is 0.222. The Bertz CT molecular complexity index is 786. The van der Waals surface area contributed by atoms with E-state index in [9.17, 15) is 0 Å². The third-order valence-electron chi connectivity index (χ3n) is 3.23. The molecule has 0 aliphatic rings. The summed E-state index contributed by atoms with van der Waals surface area (Å²) in [5.41, 5.74) is 14.9. The Labute approximate surface area is 146 Å².